The van der Waals surface area contributed by atoms with Crippen molar-refractivity contribution in [2.75, 3.05) is 6.54 Å². The largest absolute Gasteiger partial charge is 0.350 e. The van der Waals surface area contributed by atoms with E-state index in [0.717, 1.165) is 12.1 Å². The zero-order valence-electron chi connectivity index (χ0n) is 11.4. The Morgan fingerprint density at radius 2 is 2.05 bits per heavy atom. The molecule has 0 unspecified atom stereocenters. The smallest absolute Gasteiger partial charge is 0.253 e. The summed E-state index contributed by atoms with van der Waals surface area (Å²) in [5, 5.41) is 2.78. The van der Waals surface area contributed by atoms with Gasteiger partial charge in [-0.15, -0.1) is 0 Å². The van der Waals surface area contributed by atoms with Crippen molar-refractivity contribution in [3.63, 3.8) is 0 Å². The molecule has 1 aromatic carbocycles. The zero-order chi connectivity index (χ0) is 14.4. The van der Waals surface area contributed by atoms with Crippen LogP contribution in [-0.4, -0.2) is 22.0 Å². The van der Waals surface area contributed by atoms with Gasteiger partial charge in [0.05, 0.1) is 6.33 Å². The lowest BCUT2D eigenvalue weighted by Gasteiger charge is -2.07. The van der Waals surface area contributed by atoms with Crippen molar-refractivity contribution in [2.45, 2.75) is 19.9 Å². The van der Waals surface area contributed by atoms with Gasteiger partial charge in [-0.25, -0.2) is 4.98 Å². The third-order valence-corrected chi connectivity index (χ3v) is 2.97. The normalized spacial score (nSPS) is 10.2. The highest BCUT2D eigenvalue weighted by Gasteiger charge is 2.04. The van der Waals surface area contributed by atoms with E-state index in [9.17, 15) is 9.59 Å². The minimum atomic E-state index is -0.142. The molecule has 1 N–H and O–H groups in total. The quantitative estimate of drug-likeness (QED) is 0.889. The first-order valence-corrected chi connectivity index (χ1v) is 6.59. The van der Waals surface area contributed by atoms with Gasteiger partial charge in [0, 0.05) is 30.4 Å². The first kappa shape index (κ1) is 14.0. The number of carbonyl (C=O) groups is 1. The number of nitrogens with one attached hydrogen (secondary N) is 1. The molecule has 5 heteroatoms. The van der Waals surface area contributed by atoms with Crippen molar-refractivity contribution >= 4 is 5.91 Å². The minimum Gasteiger partial charge on any atom is -0.350 e. The lowest BCUT2D eigenvalue weighted by molar-refractivity contribution is 0.0952. The molecule has 1 aromatic heterocycles. The summed E-state index contributed by atoms with van der Waals surface area (Å²) in [5.74, 6) is -0.142. The highest BCUT2D eigenvalue weighted by Crippen LogP contribution is 1.97. The Hall–Kier alpha value is -2.43. The number of benzene rings is 1. The molecule has 2 aromatic rings. The molecular formula is C15H17N3O2. The highest BCUT2D eigenvalue weighted by molar-refractivity contribution is 5.94. The number of aryl methyl sites for hydroxylation is 1. The number of aromatic nitrogens is 2. The molecule has 0 aliphatic rings. The number of amides is 1. The van der Waals surface area contributed by atoms with Gasteiger partial charge in [-0.2, -0.15) is 0 Å². The van der Waals surface area contributed by atoms with E-state index in [4.69, 9.17) is 0 Å². The summed E-state index contributed by atoms with van der Waals surface area (Å²) in [5.41, 5.74) is 1.30. The molecule has 2 rings (SSSR count). The molecule has 1 amide bonds. The average Bonchev–Trinajstić information content (AvgIpc) is 2.49. The Bertz CT molecular complexity index is 635. The van der Waals surface area contributed by atoms with Crippen LogP contribution >= 0.6 is 0 Å². The van der Waals surface area contributed by atoms with Crippen LogP contribution in [0, 0.1) is 0 Å². The molecule has 0 aliphatic heterocycles. The second-order valence-corrected chi connectivity index (χ2v) is 4.39. The van der Waals surface area contributed by atoms with E-state index in [1.54, 1.807) is 12.1 Å². The molecule has 0 saturated carbocycles. The predicted octanol–water partition coefficient (Wildman–Crippen LogP) is 1.24. The Balaban J connectivity index is 1.90. The van der Waals surface area contributed by atoms with E-state index in [1.807, 2.05) is 25.1 Å². The van der Waals surface area contributed by atoms with E-state index in [-0.39, 0.29) is 11.5 Å². The van der Waals surface area contributed by atoms with Gasteiger partial charge in [0.15, 0.2) is 0 Å². The number of hydrogen-bond donors (Lipinski definition) is 1. The van der Waals surface area contributed by atoms with Crippen LogP contribution in [0.25, 0.3) is 0 Å². The Kier molecular flexibility index (Phi) is 4.65. The topological polar surface area (TPSA) is 64.0 Å². The molecule has 0 fully saturated rings. The molecule has 0 bridgehead atoms. The van der Waals surface area contributed by atoms with Crippen molar-refractivity contribution in [3.8, 4) is 0 Å². The van der Waals surface area contributed by atoms with Crippen LogP contribution in [0.4, 0.5) is 0 Å². The summed E-state index contributed by atoms with van der Waals surface area (Å²) in [6, 6.07) is 10.5. The summed E-state index contributed by atoms with van der Waals surface area (Å²) in [4.78, 5) is 27.7. The number of hydrogen-bond acceptors (Lipinski definition) is 3. The van der Waals surface area contributed by atoms with Crippen molar-refractivity contribution < 1.29 is 4.79 Å². The van der Waals surface area contributed by atoms with Crippen molar-refractivity contribution in [1.82, 2.24) is 14.9 Å². The van der Waals surface area contributed by atoms with E-state index < -0.39 is 0 Å². The molecule has 20 heavy (non-hydrogen) atoms. The van der Waals surface area contributed by atoms with Crippen LogP contribution in [0.3, 0.4) is 0 Å². The Labute approximate surface area is 117 Å². The monoisotopic (exact) mass is 271 g/mol. The standard InChI is InChI=1S/C15H17N3O2/c1-2-13-10-14(19)18(11-17-13)9-8-16-15(20)12-6-4-3-5-7-12/h3-7,10-11H,2,8-9H2,1H3,(H,16,20). The summed E-state index contributed by atoms with van der Waals surface area (Å²) >= 11 is 0. The van der Waals surface area contributed by atoms with Crippen LogP contribution in [0.5, 0.6) is 0 Å². The molecule has 5 nitrogen and oxygen atoms in total. The maximum Gasteiger partial charge on any atom is 0.253 e. The summed E-state index contributed by atoms with van der Waals surface area (Å²) in [7, 11) is 0. The van der Waals surface area contributed by atoms with Crippen LogP contribution in [-0.2, 0) is 13.0 Å². The lowest BCUT2D eigenvalue weighted by Crippen LogP contribution is -2.30. The average molecular weight is 271 g/mol. The van der Waals surface area contributed by atoms with Gasteiger partial charge in [0.25, 0.3) is 11.5 Å². The van der Waals surface area contributed by atoms with Crippen molar-refractivity contribution in [1.29, 1.82) is 0 Å². The maximum absolute atomic E-state index is 11.8. The van der Waals surface area contributed by atoms with Gasteiger partial charge in [0.1, 0.15) is 0 Å². The van der Waals surface area contributed by atoms with Gasteiger partial charge >= 0.3 is 0 Å². The van der Waals surface area contributed by atoms with Crippen LogP contribution in [0.15, 0.2) is 47.5 Å². The summed E-state index contributed by atoms with van der Waals surface area (Å²) < 4.78 is 1.49. The van der Waals surface area contributed by atoms with E-state index in [0.29, 0.717) is 18.7 Å². The van der Waals surface area contributed by atoms with Crippen LogP contribution in [0.1, 0.15) is 23.0 Å². The molecule has 1 heterocycles. The molecule has 0 aliphatic carbocycles. The number of carbonyl (C=O) groups excluding carboxylic acids is 1. The van der Waals surface area contributed by atoms with Gasteiger partial charge in [0.2, 0.25) is 0 Å². The lowest BCUT2D eigenvalue weighted by atomic mass is 10.2. The fourth-order valence-corrected chi connectivity index (χ4v) is 1.81. The Morgan fingerprint density at radius 1 is 1.30 bits per heavy atom. The van der Waals surface area contributed by atoms with Crippen LogP contribution in [0.2, 0.25) is 0 Å². The van der Waals surface area contributed by atoms with Crippen LogP contribution < -0.4 is 10.9 Å². The van der Waals surface area contributed by atoms with Gasteiger partial charge in [-0.1, -0.05) is 25.1 Å². The molecule has 0 saturated heterocycles. The predicted molar refractivity (Wildman–Crippen MR) is 76.7 cm³/mol. The third-order valence-electron chi connectivity index (χ3n) is 2.97. The SMILES string of the molecule is CCc1cc(=O)n(CCNC(=O)c2ccccc2)cn1. The fraction of sp³-hybridized carbons (Fsp3) is 0.267. The third kappa shape index (κ3) is 3.54. The molecule has 0 atom stereocenters. The molecule has 0 radical (unpaired) electrons. The van der Waals surface area contributed by atoms with Gasteiger partial charge in [-0.05, 0) is 18.6 Å². The first-order chi connectivity index (χ1) is 9.70. The van der Waals surface area contributed by atoms with Crippen molar-refractivity contribution in [3.05, 3.63) is 64.3 Å². The van der Waals surface area contributed by atoms with E-state index in [1.165, 1.54) is 17.0 Å². The maximum atomic E-state index is 11.8. The second kappa shape index (κ2) is 6.65. The summed E-state index contributed by atoms with van der Waals surface area (Å²) in [6.07, 6.45) is 2.26. The molecular weight excluding hydrogens is 254 g/mol. The fourth-order valence-electron chi connectivity index (χ4n) is 1.81. The second-order valence-electron chi connectivity index (χ2n) is 4.39. The Morgan fingerprint density at radius 3 is 2.70 bits per heavy atom. The summed E-state index contributed by atoms with van der Waals surface area (Å²) in [6.45, 7) is 2.75. The van der Waals surface area contributed by atoms with Gasteiger partial charge in [-0.3, -0.25) is 14.2 Å². The number of rotatable bonds is 5. The van der Waals surface area contributed by atoms with E-state index >= 15 is 0 Å². The van der Waals surface area contributed by atoms with Crippen molar-refractivity contribution in [2.24, 2.45) is 0 Å². The minimum absolute atomic E-state index is 0.0918. The van der Waals surface area contributed by atoms with Gasteiger partial charge < -0.3 is 5.32 Å². The molecule has 104 valence electrons. The zero-order valence-corrected chi connectivity index (χ0v) is 11.4. The number of nitrogens with zero attached hydrogens (tertiary/aromatic N) is 2. The van der Waals surface area contributed by atoms with E-state index in [2.05, 4.69) is 10.3 Å². The highest BCUT2D eigenvalue weighted by atomic mass is 16.1. The first-order valence-electron chi connectivity index (χ1n) is 6.59. The molecule has 0 spiro atoms.